The molecule has 0 saturated heterocycles. The minimum atomic E-state index is -5.32. The lowest BCUT2D eigenvalue weighted by Gasteiger charge is -2.43. The van der Waals surface area contributed by atoms with Gasteiger partial charge in [0.05, 0.1) is 25.0 Å². The molecule has 1 saturated carbocycles. The normalized spacial score (nSPS) is 20.3. The number of unbranched alkanes of at least 4 members (excludes halogenated alkanes) is 12. The van der Waals surface area contributed by atoms with E-state index in [0.29, 0.717) is 6.42 Å². The molecular weight excluding hydrogens is 820 g/mol. The summed E-state index contributed by atoms with van der Waals surface area (Å²) in [6, 6.07) is 0. The van der Waals surface area contributed by atoms with Crippen molar-refractivity contribution in [1.82, 2.24) is 6.15 Å². The van der Waals surface area contributed by atoms with Crippen molar-refractivity contribution in [2.75, 3.05) is 19.4 Å². The number of esters is 2. The first-order valence-corrected chi connectivity index (χ1v) is 22.6. The first-order valence-electron chi connectivity index (χ1n) is 19.3. The summed E-state index contributed by atoms with van der Waals surface area (Å²) in [7, 11) is -10.2. The van der Waals surface area contributed by atoms with Gasteiger partial charge in [0.1, 0.15) is 24.9 Å². The van der Waals surface area contributed by atoms with Crippen molar-refractivity contribution in [3.63, 3.8) is 0 Å². The smallest absolute Gasteiger partial charge is 0.456 e. The number of hydrogen-bond donors (Lipinski definition) is 8. The number of carbonyl (C=O) groups excluding carboxylic acids is 2. The van der Waals surface area contributed by atoms with E-state index in [2.05, 4.69) is 89.8 Å². The van der Waals surface area contributed by atoms with E-state index in [4.69, 9.17) is 18.5 Å². The monoisotopic (exact) mass is 904 g/mol. The zero-order chi connectivity index (χ0) is 43.9. The maximum atomic E-state index is 12.9. The van der Waals surface area contributed by atoms with E-state index < -0.39 is 89.3 Å². The molecule has 0 amide bonds. The second-order valence-electron chi connectivity index (χ2n) is 13.4. The largest absolute Gasteiger partial charge is 0.472 e. The highest BCUT2D eigenvalue weighted by molar-refractivity contribution is 7.51. The summed E-state index contributed by atoms with van der Waals surface area (Å²) in [5.74, 6) is 29.9. The van der Waals surface area contributed by atoms with Gasteiger partial charge >= 0.3 is 27.4 Å². The minimum absolute atomic E-state index is 0. The fourth-order valence-corrected chi connectivity index (χ4v) is 7.54. The molecule has 8 atom stereocenters. The molecule has 1 aliphatic carbocycles. The molecule has 16 nitrogen and oxygen atoms in total. The van der Waals surface area contributed by atoms with Crippen LogP contribution in [0.1, 0.15) is 122 Å². The summed E-state index contributed by atoms with van der Waals surface area (Å²) in [6.45, 7) is 2.21. The van der Waals surface area contributed by atoms with Gasteiger partial charge in [-0.2, -0.15) is 0 Å². The van der Waals surface area contributed by atoms with Crippen LogP contribution in [0.3, 0.4) is 0 Å². The molecule has 60 heavy (non-hydrogen) atoms. The molecule has 18 heteroatoms. The zero-order valence-electron chi connectivity index (χ0n) is 34.1. The number of aliphatic hydroxyl groups excluding tert-OH is 4. The molecule has 1 aliphatic rings. The van der Waals surface area contributed by atoms with Crippen molar-refractivity contribution in [2.45, 2.75) is 140 Å². The van der Waals surface area contributed by atoms with Gasteiger partial charge in [-0.1, -0.05) is 89.9 Å². The van der Waals surface area contributed by atoms with Crippen LogP contribution in [0.2, 0.25) is 0 Å². The number of hydrogen-bond acceptors (Lipinski definition) is 13. The van der Waals surface area contributed by atoms with Crippen molar-refractivity contribution in [3.05, 3.63) is 0 Å². The van der Waals surface area contributed by atoms with Gasteiger partial charge in [0.25, 0.3) is 0 Å². The predicted molar refractivity (Wildman–Crippen MR) is 249 cm³/mol. The van der Waals surface area contributed by atoms with Gasteiger partial charge in [-0.3, -0.25) is 18.4 Å². The van der Waals surface area contributed by atoms with Gasteiger partial charge in [0.15, 0.2) is 6.10 Å². The Morgan fingerprint density at radius 1 is 0.633 bits per heavy atom. The minimum Gasteiger partial charge on any atom is -0.456 e. The van der Waals surface area contributed by atoms with E-state index in [1.807, 2.05) is 0 Å². The molecule has 1 rings (SSSR count). The van der Waals surface area contributed by atoms with Crippen LogP contribution in [0.4, 0.5) is 0 Å². The van der Waals surface area contributed by atoms with Crippen LogP contribution in [0, 0.1) is 88.8 Å². The topological polar surface area (TPSA) is 282 Å². The predicted octanol–water partition coefficient (Wildman–Crippen LogP) is 6.08. The molecule has 0 bridgehead atoms. The zero-order valence-corrected chi connectivity index (χ0v) is 35.8. The SMILES string of the molecule is CC#CC#CC#CC#CC#CC#CC#CC(=O)OC[C@H](COP(=O)(O)OC1C(O)[C@@H](CP(=O)(O)O)C(O)[C@@H](O)[C@H]1O)OC(=O)CCCCCCCCCCCCCCC.N.[HH].[HH].[HH].[HH].[HH].[HH].[HH].[HH].[HH].[HH].[HH].[HH].[HH]. The molecule has 0 aromatic rings. The number of carbonyl (C=O) groups is 2. The highest BCUT2D eigenvalue weighted by Crippen LogP contribution is 2.49. The van der Waals surface area contributed by atoms with Gasteiger partial charge in [0, 0.05) is 36.8 Å². The molecular formula is C42H83NO15P2. The second-order valence-corrected chi connectivity index (χ2v) is 16.5. The Labute approximate surface area is 372 Å². The molecule has 0 aromatic heterocycles. The van der Waals surface area contributed by atoms with Crippen LogP contribution in [0.5, 0.6) is 0 Å². The van der Waals surface area contributed by atoms with E-state index in [0.717, 1.165) is 32.1 Å². The van der Waals surface area contributed by atoms with Crippen LogP contribution >= 0.6 is 15.4 Å². The summed E-state index contributed by atoms with van der Waals surface area (Å²) in [5.41, 5.74) is 0. The molecule has 0 radical (unpaired) electrons. The summed E-state index contributed by atoms with van der Waals surface area (Å²) in [5, 5.41) is 41.3. The van der Waals surface area contributed by atoms with E-state index in [9.17, 15) is 53.8 Å². The fourth-order valence-electron chi connectivity index (χ4n) is 5.58. The molecule has 4 unspecified atom stereocenters. The summed E-state index contributed by atoms with van der Waals surface area (Å²) >= 11 is 0. The molecule has 0 aliphatic heterocycles. The molecule has 0 heterocycles. The molecule has 0 aromatic carbocycles. The van der Waals surface area contributed by atoms with Crippen LogP contribution in [-0.4, -0.2) is 103 Å². The van der Waals surface area contributed by atoms with Crippen molar-refractivity contribution in [1.29, 1.82) is 0 Å². The Morgan fingerprint density at radius 2 is 1.10 bits per heavy atom. The Kier molecular flexibility index (Phi) is 30.4. The van der Waals surface area contributed by atoms with Crippen molar-refractivity contribution in [3.8, 4) is 82.9 Å². The third-order valence-corrected chi connectivity index (χ3v) is 10.4. The van der Waals surface area contributed by atoms with Gasteiger partial charge < -0.3 is 50.7 Å². The van der Waals surface area contributed by atoms with E-state index >= 15 is 0 Å². The maximum absolute atomic E-state index is 12.9. The standard InChI is InChI=1S/C42H54O15P2.H3N.13H2/c1-3-5-7-9-11-13-15-17-19-21-23-25-27-29-36(43)54-31-34(56-37(44)30-28-26-24-22-20-18-16-14-12-10-8-6-4-2)32-55-59(52,53)57-42-39(46)35(33-58(49,50)51)38(45)40(47)41(42)48;;;;;;;;;;;;;;/h34-35,38-42,45-48H,4,6,8,10,12,14,16,18,20,22,24,26,28,30-33H2,1-2H3,(H,52,53)(H2,49,50,51);1H3;13*1H/t34-,35+,38?,39?,40-,41-,42?;;;;;;;;;;;;;;/m1............../s1. The van der Waals surface area contributed by atoms with Gasteiger partial charge in [0.2, 0.25) is 0 Å². The van der Waals surface area contributed by atoms with Crippen molar-refractivity contribution >= 4 is 27.4 Å². The Morgan fingerprint density at radius 3 is 1.58 bits per heavy atom. The van der Waals surface area contributed by atoms with Crippen LogP contribution < -0.4 is 6.15 Å². The number of ether oxygens (including phenoxy) is 2. The lowest BCUT2D eigenvalue weighted by atomic mass is 9.79. The van der Waals surface area contributed by atoms with E-state index in [1.165, 1.54) is 44.9 Å². The van der Waals surface area contributed by atoms with Crippen LogP contribution in [0.15, 0.2) is 0 Å². The maximum Gasteiger partial charge on any atom is 0.472 e. The average Bonchev–Trinajstić information content (AvgIpc) is 3.18. The lowest BCUT2D eigenvalue weighted by molar-refractivity contribution is -0.197. The average molecular weight is 904 g/mol. The van der Waals surface area contributed by atoms with Gasteiger partial charge in [-0.15, -0.1) is 0 Å². The van der Waals surface area contributed by atoms with Crippen molar-refractivity contribution in [2.24, 2.45) is 5.92 Å². The summed E-state index contributed by atoms with van der Waals surface area (Å²) in [4.78, 5) is 54.1. The number of phosphoric acid groups is 1. The summed E-state index contributed by atoms with van der Waals surface area (Å²) < 4.78 is 44.6. The Balaban J connectivity index is -0.000000207. The van der Waals surface area contributed by atoms with Gasteiger partial charge in [-0.05, 0) is 84.4 Å². The molecule has 10 N–H and O–H groups in total. The Hall–Kier alpha value is -4.08. The second kappa shape index (κ2) is 32.7. The van der Waals surface area contributed by atoms with Crippen molar-refractivity contribution < 1.29 is 90.9 Å². The quantitative estimate of drug-likeness (QED) is 0.0179. The summed E-state index contributed by atoms with van der Waals surface area (Å²) in [6.07, 6.45) is 0.895. The van der Waals surface area contributed by atoms with E-state index in [1.54, 1.807) is 6.92 Å². The molecule has 0 spiro atoms. The first kappa shape index (κ1) is 55.9. The Bertz CT molecular complexity index is 1940. The number of aliphatic hydroxyl groups is 4. The van der Waals surface area contributed by atoms with Gasteiger partial charge in [-0.25, -0.2) is 9.36 Å². The number of phosphoric ester groups is 1. The first-order chi connectivity index (χ1) is 28.1. The third-order valence-electron chi connectivity index (χ3n) is 8.54. The fraction of sp³-hybridized carbons (Fsp3) is 0.619. The van der Waals surface area contributed by atoms with Crippen LogP contribution in [0.25, 0.3) is 0 Å². The van der Waals surface area contributed by atoms with Crippen LogP contribution in [-0.2, 0) is 37.2 Å². The lowest BCUT2D eigenvalue weighted by Crippen LogP contribution is -2.62. The highest BCUT2D eigenvalue weighted by Gasteiger charge is 2.53. The highest BCUT2D eigenvalue weighted by atomic mass is 31.2. The molecule has 356 valence electrons. The molecule has 1 fully saturated rings. The third kappa shape index (κ3) is 26.9. The van der Waals surface area contributed by atoms with E-state index in [-0.39, 0.29) is 31.1 Å². The number of rotatable bonds is 24.